The highest BCUT2D eigenvalue weighted by atomic mass is 32.1. The highest BCUT2D eigenvalue weighted by Crippen LogP contribution is 2.68. The quantitative estimate of drug-likeness (QED) is 0.288. The molecule has 3 nitrogen and oxygen atoms in total. The Morgan fingerprint density at radius 3 is 2.47 bits per heavy atom. The van der Waals surface area contributed by atoms with E-state index in [1.807, 2.05) is 0 Å². The fraction of sp³-hybridized carbons (Fsp3) is 0.964. The van der Waals surface area contributed by atoms with Crippen LogP contribution in [0.25, 0.3) is 0 Å². The lowest BCUT2D eigenvalue weighted by Gasteiger charge is -2.63. The normalized spacial score (nSPS) is 44.4. The van der Waals surface area contributed by atoms with Gasteiger partial charge in [0.1, 0.15) is 0 Å². The first-order valence-electron chi connectivity index (χ1n) is 14.0. The van der Waals surface area contributed by atoms with Crippen molar-refractivity contribution >= 4 is 17.3 Å². The van der Waals surface area contributed by atoms with Crippen molar-refractivity contribution in [2.24, 2.45) is 58.0 Å². The van der Waals surface area contributed by atoms with Crippen LogP contribution in [0.5, 0.6) is 0 Å². The second-order valence-electron chi connectivity index (χ2n) is 13.2. The molecule has 0 aliphatic heterocycles. The van der Waals surface area contributed by atoms with Crippen molar-refractivity contribution in [3.05, 3.63) is 0 Å². The average Bonchev–Trinajstić information content (AvgIpc) is 3.09. The molecule has 4 aliphatic rings. The summed E-state index contributed by atoms with van der Waals surface area (Å²) in [4.78, 5) is 0. The molecule has 0 saturated heterocycles. The second-order valence-corrected chi connectivity index (χ2v) is 13.6. The molecule has 0 radical (unpaired) electrons. The van der Waals surface area contributed by atoms with Crippen molar-refractivity contribution in [3.8, 4) is 0 Å². The van der Waals surface area contributed by atoms with Gasteiger partial charge in [0, 0.05) is 6.04 Å². The molecule has 0 aromatic carbocycles. The Labute approximate surface area is 203 Å². The molecule has 1 unspecified atom stereocenters. The Kier molecular flexibility index (Phi) is 7.52. The van der Waals surface area contributed by atoms with Crippen molar-refractivity contribution < 1.29 is 0 Å². The zero-order valence-electron chi connectivity index (χ0n) is 21.6. The maximum Gasteiger partial charge on any atom is 0.178 e. The van der Waals surface area contributed by atoms with Crippen LogP contribution < -0.4 is 16.6 Å². The minimum Gasteiger partial charge on any atom is -0.375 e. The minimum absolute atomic E-state index is 0.376. The summed E-state index contributed by atoms with van der Waals surface area (Å²) in [6.45, 7) is 12.7. The molecule has 0 spiro atoms. The lowest BCUT2D eigenvalue weighted by molar-refractivity contribution is -0.128. The average molecular weight is 462 g/mol. The van der Waals surface area contributed by atoms with Gasteiger partial charge >= 0.3 is 0 Å². The van der Waals surface area contributed by atoms with Crippen molar-refractivity contribution in [2.45, 2.75) is 118 Å². The predicted molar refractivity (Wildman–Crippen MR) is 140 cm³/mol. The third-order valence-electron chi connectivity index (χ3n) is 11.3. The van der Waals surface area contributed by atoms with Crippen molar-refractivity contribution in [1.29, 1.82) is 0 Å². The number of nitrogens with one attached hydrogen (secondary N) is 2. The Morgan fingerprint density at radius 2 is 1.75 bits per heavy atom. The van der Waals surface area contributed by atoms with E-state index in [-0.39, 0.29) is 0 Å². The Bertz CT molecular complexity index is 665. The molecule has 0 aromatic rings. The monoisotopic (exact) mass is 461 g/mol. The van der Waals surface area contributed by atoms with E-state index in [1.54, 1.807) is 0 Å². The third-order valence-corrected chi connectivity index (χ3v) is 11.4. The third kappa shape index (κ3) is 4.37. The van der Waals surface area contributed by atoms with Gasteiger partial charge in [-0.15, -0.1) is 0 Å². The first-order chi connectivity index (χ1) is 15.2. The van der Waals surface area contributed by atoms with Crippen molar-refractivity contribution in [2.75, 3.05) is 0 Å². The van der Waals surface area contributed by atoms with Crippen LogP contribution in [-0.4, -0.2) is 11.2 Å². The van der Waals surface area contributed by atoms with E-state index < -0.39 is 0 Å². The van der Waals surface area contributed by atoms with Gasteiger partial charge in [-0.05, 0) is 116 Å². The summed E-state index contributed by atoms with van der Waals surface area (Å²) in [5.74, 6) is 6.28. The van der Waals surface area contributed by atoms with Gasteiger partial charge < -0.3 is 5.73 Å². The Morgan fingerprint density at radius 1 is 0.969 bits per heavy atom. The van der Waals surface area contributed by atoms with Gasteiger partial charge in [0.2, 0.25) is 0 Å². The molecule has 0 aromatic heterocycles. The van der Waals surface area contributed by atoms with Gasteiger partial charge in [0.25, 0.3) is 0 Å². The molecule has 4 N–H and O–H groups in total. The number of hydrazine groups is 1. The van der Waals surface area contributed by atoms with Crippen molar-refractivity contribution in [3.63, 3.8) is 0 Å². The van der Waals surface area contributed by atoms with Gasteiger partial charge in [-0.25, -0.2) is 5.43 Å². The maximum atomic E-state index is 5.79. The zero-order valence-corrected chi connectivity index (χ0v) is 22.4. The molecule has 4 aliphatic carbocycles. The SMILES string of the molecule is CC(C)CCC[C@H](C)[C@@H]1CC[C@H]2[C@H]3CC[C@H]4CCCC(NNC(N)=S)[C@]4(C)[C@H]3CC[C@@]21C. The first-order valence-corrected chi connectivity index (χ1v) is 14.4. The first kappa shape index (κ1) is 24.8. The molecule has 4 saturated carbocycles. The largest absolute Gasteiger partial charge is 0.375 e. The summed E-state index contributed by atoms with van der Waals surface area (Å²) in [6, 6.07) is 0.493. The molecule has 4 fully saturated rings. The van der Waals surface area contributed by atoms with Crippen LogP contribution in [0, 0.1) is 52.3 Å². The fourth-order valence-corrected chi connectivity index (χ4v) is 9.82. The summed E-state index contributed by atoms with van der Waals surface area (Å²) in [5.41, 5.74) is 13.5. The number of hydrogen-bond acceptors (Lipinski definition) is 2. The van der Waals surface area contributed by atoms with Gasteiger partial charge in [0.15, 0.2) is 5.11 Å². The van der Waals surface area contributed by atoms with Gasteiger partial charge in [-0.2, -0.15) is 0 Å². The van der Waals surface area contributed by atoms with Gasteiger partial charge in [-0.3, -0.25) is 5.43 Å². The summed E-state index contributed by atoms with van der Waals surface area (Å²) in [6.07, 6.45) is 17.0. The second kappa shape index (κ2) is 9.72. The smallest absolute Gasteiger partial charge is 0.178 e. The van der Waals surface area contributed by atoms with Crippen LogP contribution in [0.2, 0.25) is 0 Å². The molecule has 0 amide bonds. The van der Waals surface area contributed by atoms with Crippen LogP contribution in [0.1, 0.15) is 112 Å². The number of nitrogens with two attached hydrogens (primary N) is 1. The molecular formula is C28H51N3S. The molecule has 32 heavy (non-hydrogen) atoms. The molecule has 4 rings (SSSR count). The van der Waals surface area contributed by atoms with E-state index >= 15 is 0 Å². The van der Waals surface area contributed by atoms with Crippen LogP contribution in [0.15, 0.2) is 0 Å². The maximum absolute atomic E-state index is 5.79. The topological polar surface area (TPSA) is 50.1 Å². The van der Waals surface area contributed by atoms with Crippen molar-refractivity contribution in [1.82, 2.24) is 10.9 Å². The van der Waals surface area contributed by atoms with Crippen LogP contribution in [0.4, 0.5) is 0 Å². The summed E-state index contributed by atoms with van der Waals surface area (Å²) < 4.78 is 0. The highest BCUT2D eigenvalue weighted by Gasteiger charge is 2.62. The fourth-order valence-electron chi connectivity index (χ4n) is 9.76. The lowest BCUT2D eigenvalue weighted by atomic mass is 9.43. The van der Waals surface area contributed by atoms with E-state index in [0.29, 0.717) is 22.0 Å². The molecule has 4 heteroatoms. The number of hydrogen-bond donors (Lipinski definition) is 3. The number of thiocarbonyl (C=S) groups is 1. The van der Waals surface area contributed by atoms with E-state index in [9.17, 15) is 0 Å². The summed E-state index contributed by atoms with van der Waals surface area (Å²) >= 11 is 5.12. The number of fused-ring (bicyclic) bond motifs is 5. The highest BCUT2D eigenvalue weighted by molar-refractivity contribution is 7.80. The van der Waals surface area contributed by atoms with Crippen LogP contribution >= 0.6 is 12.2 Å². The van der Waals surface area contributed by atoms with E-state index in [1.165, 1.54) is 77.0 Å². The van der Waals surface area contributed by atoms with Gasteiger partial charge in [-0.1, -0.05) is 60.3 Å². The molecule has 184 valence electrons. The molecular weight excluding hydrogens is 410 g/mol. The molecule has 9 atom stereocenters. The molecule has 0 heterocycles. The van der Waals surface area contributed by atoms with Crippen LogP contribution in [0.3, 0.4) is 0 Å². The summed E-state index contributed by atoms with van der Waals surface area (Å²) in [7, 11) is 0. The number of rotatable bonds is 7. The summed E-state index contributed by atoms with van der Waals surface area (Å²) in [5, 5.41) is 0.379. The Hall–Kier alpha value is -0.350. The Balaban J connectivity index is 1.49. The lowest BCUT2D eigenvalue weighted by Crippen LogP contribution is -2.63. The van der Waals surface area contributed by atoms with E-state index in [0.717, 1.165) is 41.4 Å². The van der Waals surface area contributed by atoms with E-state index in [4.69, 9.17) is 18.0 Å². The zero-order chi connectivity index (χ0) is 23.1. The van der Waals surface area contributed by atoms with Gasteiger partial charge in [0.05, 0.1) is 0 Å². The minimum atomic E-state index is 0.376. The molecule has 0 bridgehead atoms. The predicted octanol–water partition coefficient (Wildman–Crippen LogP) is 6.81. The van der Waals surface area contributed by atoms with Crippen LogP contribution in [-0.2, 0) is 0 Å². The van der Waals surface area contributed by atoms with E-state index in [2.05, 4.69) is 45.5 Å². The standard InChI is InChI=1S/C28H51N3S/c1-18(2)8-6-9-19(3)22-14-15-23-21-13-12-20-10-7-11-25(30-31-26(29)32)28(20,5)24(21)16-17-27(22,23)4/h18-25,30H,6-17H2,1-5H3,(H3,29,31,32)/t19-,20+,21+,22-,23-,24-,25?,27+,28-/m0/s1.